The van der Waals surface area contributed by atoms with Gasteiger partial charge in [-0.3, -0.25) is 4.79 Å². The van der Waals surface area contributed by atoms with E-state index >= 15 is 0 Å². The van der Waals surface area contributed by atoms with Crippen molar-refractivity contribution < 1.29 is 19.2 Å². The maximum Gasteiger partial charge on any atom is 0.279 e. The highest BCUT2D eigenvalue weighted by molar-refractivity contribution is 5.94. The Morgan fingerprint density at radius 3 is 2.19 bits per heavy atom. The number of carbonyl (C=O) groups excluding carboxylic acids is 1. The predicted molar refractivity (Wildman–Crippen MR) is 102 cm³/mol. The molecule has 2 aromatic carbocycles. The van der Waals surface area contributed by atoms with Crippen molar-refractivity contribution >= 4 is 17.3 Å². The van der Waals surface area contributed by atoms with Crippen molar-refractivity contribution in [3.63, 3.8) is 0 Å². The van der Waals surface area contributed by atoms with Crippen LogP contribution in [0.1, 0.15) is 0 Å². The monoisotopic (exact) mass is 356 g/mol. The van der Waals surface area contributed by atoms with E-state index in [-0.39, 0.29) is 5.91 Å². The summed E-state index contributed by atoms with van der Waals surface area (Å²) in [6.45, 7) is 4.20. The Balaban J connectivity index is 1.55. The SMILES string of the molecule is COc1cccc(OC)c1NC(=O)C[NH+]1CCN(c2ccccc2)CC1. The average Bonchev–Trinajstić information content (AvgIpc) is 2.69. The second-order valence-corrected chi connectivity index (χ2v) is 6.34. The zero-order chi connectivity index (χ0) is 18.4. The minimum absolute atomic E-state index is 0.0315. The third kappa shape index (κ3) is 4.26. The molecule has 2 aromatic rings. The minimum Gasteiger partial charge on any atom is -0.494 e. The van der Waals surface area contributed by atoms with Gasteiger partial charge in [-0.05, 0) is 24.3 Å². The number of amides is 1. The normalized spacial score (nSPS) is 14.8. The smallest absolute Gasteiger partial charge is 0.279 e. The number of hydrogen-bond donors (Lipinski definition) is 2. The Bertz CT molecular complexity index is 706. The Labute approximate surface area is 154 Å². The first-order chi connectivity index (χ1) is 12.7. The molecule has 2 N–H and O–H groups in total. The standard InChI is InChI=1S/C20H25N3O3/c1-25-17-9-6-10-18(26-2)20(17)21-19(24)15-22-11-13-23(14-12-22)16-7-4-3-5-8-16/h3-10H,11-15H2,1-2H3,(H,21,24)/p+1. The highest BCUT2D eigenvalue weighted by atomic mass is 16.5. The summed E-state index contributed by atoms with van der Waals surface area (Å²) in [5.74, 6) is 1.17. The van der Waals surface area contributed by atoms with Crippen LogP contribution in [0.3, 0.4) is 0 Å². The van der Waals surface area contributed by atoms with E-state index in [0.717, 1.165) is 26.2 Å². The van der Waals surface area contributed by atoms with Gasteiger partial charge >= 0.3 is 0 Å². The molecule has 1 fully saturated rings. The van der Waals surface area contributed by atoms with Gasteiger partial charge in [0, 0.05) is 5.69 Å². The van der Waals surface area contributed by atoms with Crippen LogP contribution in [0.15, 0.2) is 48.5 Å². The van der Waals surface area contributed by atoms with Crippen LogP contribution in [0, 0.1) is 0 Å². The van der Waals surface area contributed by atoms with Crippen LogP contribution in [0.5, 0.6) is 11.5 Å². The third-order valence-electron chi connectivity index (χ3n) is 4.69. The zero-order valence-electron chi connectivity index (χ0n) is 15.3. The molecule has 1 aliphatic heterocycles. The van der Waals surface area contributed by atoms with Crippen molar-refractivity contribution in [2.75, 3.05) is 57.2 Å². The molecular formula is C20H26N3O3+. The van der Waals surface area contributed by atoms with Crippen LogP contribution in [-0.2, 0) is 4.79 Å². The van der Waals surface area contributed by atoms with Gasteiger partial charge in [0.05, 0.1) is 40.4 Å². The number of para-hydroxylation sites is 2. The predicted octanol–water partition coefficient (Wildman–Crippen LogP) is 1.05. The van der Waals surface area contributed by atoms with Crippen molar-refractivity contribution in [2.24, 2.45) is 0 Å². The number of quaternary nitrogens is 1. The van der Waals surface area contributed by atoms with Gasteiger partial charge in [0.2, 0.25) is 0 Å². The minimum atomic E-state index is -0.0315. The van der Waals surface area contributed by atoms with Crippen molar-refractivity contribution in [1.29, 1.82) is 0 Å². The molecule has 6 heteroatoms. The van der Waals surface area contributed by atoms with Gasteiger partial charge in [-0.1, -0.05) is 24.3 Å². The number of carbonyl (C=O) groups is 1. The molecule has 3 rings (SSSR count). The number of methoxy groups -OCH3 is 2. The Kier molecular flexibility index (Phi) is 5.96. The molecule has 1 amide bonds. The molecule has 0 saturated carbocycles. The van der Waals surface area contributed by atoms with E-state index in [0.29, 0.717) is 23.7 Å². The molecule has 0 unspecified atom stereocenters. The Morgan fingerprint density at radius 2 is 1.62 bits per heavy atom. The quantitative estimate of drug-likeness (QED) is 0.812. The fourth-order valence-electron chi connectivity index (χ4n) is 3.28. The molecule has 6 nitrogen and oxygen atoms in total. The van der Waals surface area contributed by atoms with Crippen LogP contribution in [0.25, 0.3) is 0 Å². The zero-order valence-corrected chi connectivity index (χ0v) is 15.3. The van der Waals surface area contributed by atoms with Crippen molar-refractivity contribution in [3.8, 4) is 11.5 Å². The number of nitrogens with one attached hydrogen (secondary N) is 2. The van der Waals surface area contributed by atoms with Crippen molar-refractivity contribution in [2.45, 2.75) is 0 Å². The van der Waals surface area contributed by atoms with Crippen molar-refractivity contribution in [3.05, 3.63) is 48.5 Å². The lowest BCUT2D eigenvalue weighted by Crippen LogP contribution is -3.15. The van der Waals surface area contributed by atoms with Gasteiger partial charge in [-0.15, -0.1) is 0 Å². The summed E-state index contributed by atoms with van der Waals surface area (Å²) in [6, 6.07) is 15.9. The van der Waals surface area contributed by atoms with E-state index in [1.807, 2.05) is 24.3 Å². The van der Waals surface area contributed by atoms with Gasteiger partial charge in [-0.25, -0.2) is 0 Å². The van der Waals surface area contributed by atoms with Crippen LogP contribution in [0.2, 0.25) is 0 Å². The second-order valence-electron chi connectivity index (χ2n) is 6.34. The van der Waals surface area contributed by atoms with E-state index in [9.17, 15) is 4.79 Å². The lowest BCUT2D eigenvalue weighted by Gasteiger charge is -2.33. The second kappa shape index (κ2) is 8.58. The van der Waals surface area contributed by atoms with Gasteiger partial charge in [0.15, 0.2) is 6.54 Å². The largest absolute Gasteiger partial charge is 0.494 e. The molecule has 138 valence electrons. The number of benzene rings is 2. The van der Waals surface area contributed by atoms with E-state index in [1.54, 1.807) is 14.2 Å². The summed E-state index contributed by atoms with van der Waals surface area (Å²) < 4.78 is 10.7. The molecule has 0 aliphatic carbocycles. The van der Waals surface area contributed by atoms with Gasteiger partial charge in [0.1, 0.15) is 17.2 Å². The number of hydrogen-bond acceptors (Lipinski definition) is 4. The Morgan fingerprint density at radius 1 is 1.00 bits per heavy atom. The first kappa shape index (κ1) is 18.1. The summed E-state index contributed by atoms with van der Waals surface area (Å²) in [6.07, 6.45) is 0. The number of ether oxygens (including phenoxy) is 2. The summed E-state index contributed by atoms with van der Waals surface area (Å²) >= 11 is 0. The summed E-state index contributed by atoms with van der Waals surface area (Å²) in [4.78, 5) is 16.2. The van der Waals surface area contributed by atoms with Gasteiger partial charge in [0.25, 0.3) is 5.91 Å². The molecule has 0 spiro atoms. The number of piperazine rings is 1. The highest BCUT2D eigenvalue weighted by Gasteiger charge is 2.23. The molecule has 0 aromatic heterocycles. The lowest BCUT2D eigenvalue weighted by molar-refractivity contribution is -0.892. The van der Waals surface area contributed by atoms with Gasteiger partial charge < -0.3 is 24.6 Å². The molecule has 0 atom stereocenters. The fourth-order valence-corrected chi connectivity index (χ4v) is 3.28. The molecule has 1 saturated heterocycles. The first-order valence-electron chi connectivity index (χ1n) is 8.85. The molecule has 1 heterocycles. The summed E-state index contributed by atoms with van der Waals surface area (Å²) in [5.41, 5.74) is 1.83. The molecule has 26 heavy (non-hydrogen) atoms. The molecule has 1 aliphatic rings. The number of anilines is 2. The summed E-state index contributed by atoms with van der Waals surface area (Å²) in [7, 11) is 3.16. The molecule has 0 bridgehead atoms. The highest BCUT2D eigenvalue weighted by Crippen LogP contribution is 2.33. The van der Waals surface area contributed by atoms with E-state index < -0.39 is 0 Å². The molecule has 0 radical (unpaired) electrons. The number of nitrogens with zero attached hydrogens (tertiary/aromatic N) is 1. The Hall–Kier alpha value is -2.73. The maximum absolute atomic E-state index is 12.5. The van der Waals surface area contributed by atoms with Crippen LogP contribution in [-0.4, -0.2) is 52.9 Å². The van der Waals surface area contributed by atoms with E-state index in [1.165, 1.54) is 10.6 Å². The summed E-state index contributed by atoms with van der Waals surface area (Å²) in [5, 5.41) is 2.95. The maximum atomic E-state index is 12.5. The van der Waals surface area contributed by atoms with Crippen molar-refractivity contribution in [1.82, 2.24) is 0 Å². The molecular weight excluding hydrogens is 330 g/mol. The van der Waals surface area contributed by atoms with Crippen LogP contribution >= 0.6 is 0 Å². The van der Waals surface area contributed by atoms with Crippen LogP contribution < -0.4 is 24.6 Å². The topological polar surface area (TPSA) is 55.2 Å². The lowest BCUT2D eigenvalue weighted by atomic mass is 10.2. The third-order valence-corrected chi connectivity index (χ3v) is 4.69. The number of rotatable bonds is 6. The van der Waals surface area contributed by atoms with Gasteiger partial charge in [-0.2, -0.15) is 0 Å². The average molecular weight is 356 g/mol. The van der Waals surface area contributed by atoms with E-state index in [2.05, 4.69) is 34.5 Å². The fraction of sp³-hybridized carbons (Fsp3) is 0.350. The van der Waals surface area contributed by atoms with Crippen LogP contribution in [0.4, 0.5) is 11.4 Å². The first-order valence-corrected chi connectivity index (χ1v) is 8.85. The van der Waals surface area contributed by atoms with E-state index in [4.69, 9.17) is 9.47 Å².